The van der Waals surface area contributed by atoms with E-state index >= 15 is 0 Å². The number of rotatable bonds is 3. The maximum atomic E-state index is 10.9. The van der Waals surface area contributed by atoms with Crippen LogP contribution in [-0.4, -0.2) is 34.0 Å². The van der Waals surface area contributed by atoms with Crippen molar-refractivity contribution < 1.29 is 39.1 Å². The number of aromatic nitrogens is 2. The van der Waals surface area contributed by atoms with Gasteiger partial charge in [-0.25, -0.2) is 9.97 Å². The maximum absolute atomic E-state index is 10.9. The maximum Gasteiger partial charge on any atom is 1.00 e. The van der Waals surface area contributed by atoms with Gasteiger partial charge in [0.1, 0.15) is 10.2 Å². The van der Waals surface area contributed by atoms with Crippen molar-refractivity contribution in [1.29, 1.82) is 0 Å². The van der Waals surface area contributed by atoms with Crippen LogP contribution in [0.25, 0.3) is 0 Å². The first kappa shape index (κ1) is 28.4. The fourth-order valence-corrected chi connectivity index (χ4v) is 2.46. The molecular formula is C16H16Cl3N2NaO2S2. The molecule has 2 rings (SSSR count). The van der Waals surface area contributed by atoms with Crippen LogP contribution in [-0.2, 0) is 12.6 Å². The Morgan fingerprint density at radius 3 is 1.69 bits per heavy atom. The van der Waals surface area contributed by atoms with Crippen LogP contribution in [0.5, 0.6) is 0 Å². The molecule has 2 aromatic heterocycles. The zero-order valence-corrected chi connectivity index (χ0v) is 20.9. The third-order valence-corrected chi connectivity index (χ3v) is 4.41. The Bertz CT molecular complexity index is 749. The van der Waals surface area contributed by atoms with Gasteiger partial charge in [-0.2, -0.15) is 6.26 Å². The SMILES string of the molecule is CC(=O)c1cnc(Cl)c(Cl)c1.CSc1ncc(C(C)=O)cc1Cl.C[S-].[Na+]. The van der Waals surface area contributed by atoms with E-state index in [1.807, 2.05) is 6.26 Å². The molecule has 2 aromatic rings. The number of pyridine rings is 2. The number of Topliss-reactive ketones (excluding diaryl/α,β-unsaturated/α-hetero) is 2. The largest absolute Gasteiger partial charge is 1.00 e. The monoisotopic (exact) mass is 460 g/mol. The molecule has 0 aliphatic rings. The smallest absolute Gasteiger partial charge is 0.796 e. The fraction of sp³-hybridized carbons (Fsp3) is 0.250. The summed E-state index contributed by atoms with van der Waals surface area (Å²) in [5.41, 5.74) is 1.03. The molecule has 26 heavy (non-hydrogen) atoms. The van der Waals surface area contributed by atoms with Gasteiger partial charge in [-0.3, -0.25) is 9.59 Å². The molecule has 2 heterocycles. The molecule has 136 valence electrons. The number of halogens is 3. The molecule has 0 N–H and O–H groups in total. The Labute approximate surface area is 200 Å². The summed E-state index contributed by atoms with van der Waals surface area (Å²) in [7, 11) is 0. The fourth-order valence-electron chi connectivity index (χ4n) is 1.38. The van der Waals surface area contributed by atoms with Gasteiger partial charge in [0.15, 0.2) is 11.6 Å². The standard InChI is InChI=1S/C8H8ClNOS.C7H5Cl2NO.CH4S.Na/c1-5(11)6-3-7(9)8(12-2)10-4-6;1-4(11)5-2-6(8)7(9)10-3-5;1-2;/h3-4H,1-2H3;2-3H,1H3;2H,1H3;/q;;;+1/p-1. The van der Waals surface area contributed by atoms with Gasteiger partial charge in [0.25, 0.3) is 0 Å². The summed E-state index contributed by atoms with van der Waals surface area (Å²) in [4.78, 5) is 29.4. The van der Waals surface area contributed by atoms with E-state index in [2.05, 4.69) is 22.6 Å². The Morgan fingerprint density at radius 1 is 0.923 bits per heavy atom. The number of hydrogen-bond acceptors (Lipinski definition) is 6. The Balaban J connectivity index is 0. The molecule has 0 radical (unpaired) electrons. The molecular weight excluding hydrogens is 446 g/mol. The molecule has 0 aromatic carbocycles. The number of ketones is 2. The molecule has 0 aliphatic heterocycles. The van der Waals surface area contributed by atoms with E-state index in [4.69, 9.17) is 34.8 Å². The minimum Gasteiger partial charge on any atom is -0.796 e. The summed E-state index contributed by atoms with van der Waals surface area (Å²) in [5, 5.41) is 1.81. The number of carbonyl (C=O) groups is 2. The normalized spacial score (nSPS) is 8.92. The topological polar surface area (TPSA) is 59.9 Å². The van der Waals surface area contributed by atoms with Gasteiger partial charge in [0.05, 0.1) is 10.0 Å². The third-order valence-electron chi connectivity index (χ3n) is 2.61. The van der Waals surface area contributed by atoms with Crippen LogP contribution in [0.1, 0.15) is 34.6 Å². The van der Waals surface area contributed by atoms with Gasteiger partial charge in [0, 0.05) is 23.5 Å². The molecule has 10 heteroatoms. The van der Waals surface area contributed by atoms with Crippen molar-refractivity contribution in [2.45, 2.75) is 18.9 Å². The predicted octanol–water partition coefficient (Wildman–Crippen LogP) is 2.42. The summed E-state index contributed by atoms with van der Waals surface area (Å²) < 4.78 is 0. The zero-order chi connectivity index (χ0) is 19.6. The predicted molar refractivity (Wildman–Crippen MR) is 109 cm³/mol. The Morgan fingerprint density at radius 2 is 1.35 bits per heavy atom. The summed E-state index contributed by atoms with van der Waals surface area (Å²) in [6.45, 7) is 2.94. The van der Waals surface area contributed by atoms with Crippen molar-refractivity contribution >= 4 is 70.8 Å². The molecule has 0 spiro atoms. The molecule has 0 saturated heterocycles. The number of thioether (sulfide) groups is 1. The van der Waals surface area contributed by atoms with E-state index in [0.717, 1.165) is 5.03 Å². The van der Waals surface area contributed by atoms with Crippen LogP contribution in [0.2, 0.25) is 15.2 Å². The van der Waals surface area contributed by atoms with Crippen LogP contribution >= 0.6 is 46.6 Å². The van der Waals surface area contributed by atoms with Gasteiger partial charge in [-0.1, -0.05) is 34.8 Å². The van der Waals surface area contributed by atoms with E-state index in [1.54, 1.807) is 18.5 Å². The van der Waals surface area contributed by atoms with Crippen molar-refractivity contribution in [3.63, 3.8) is 0 Å². The third kappa shape index (κ3) is 9.95. The van der Waals surface area contributed by atoms with Gasteiger partial charge in [-0.15, -0.1) is 11.8 Å². The van der Waals surface area contributed by atoms with Crippen molar-refractivity contribution in [2.24, 2.45) is 0 Å². The zero-order valence-electron chi connectivity index (χ0n) is 15.0. The first-order chi connectivity index (χ1) is 11.8. The molecule has 0 atom stereocenters. The Hall–Kier alpha value is 0.210. The first-order valence-corrected chi connectivity index (χ1v) is 9.87. The minimum atomic E-state index is -0.0731. The van der Waals surface area contributed by atoms with Crippen molar-refractivity contribution in [2.75, 3.05) is 12.5 Å². The second-order valence-corrected chi connectivity index (χ2v) is 6.29. The van der Waals surface area contributed by atoms with E-state index in [1.165, 1.54) is 37.9 Å². The molecule has 4 nitrogen and oxygen atoms in total. The molecule has 0 aliphatic carbocycles. The summed E-state index contributed by atoms with van der Waals surface area (Å²) in [5.74, 6) is -0.0897. The van der Waals surface area contributed by atoms with Crippen molar-refractivity contribution in [3.8, 4) is 0 Å². The quantitative estimate of drug-likeness (QED) is 0.230. The van der Waals surface area contributed by atoms with Gasteiger partial charge in [-0.05, 0) is 32.2 Å². The van der Waals surface area contributed by atoms with E-state index in [-0.39, 0.29) is 46.3 Å². The molecule has 0 unspecified atom stereocenters. The Kier molecular flexibility index (Phi) is 16.6. The number of nitrogens with zero attached hydrogens (tertiary/aromatic N) is 2. The van der Waals surface area contributed by atoms with E-state index in [0.29, 0.717) is 21.2 Å². The van der Waals surface area contributed by atoms with E-state index < -0.39 is 0 Å². The van der Waals surface area contributed by atoms with Crippen LogP contribution in [0, 0.1) is 0 Å². The minimum absolute atomic E-state index is 0. The summed E-state index contributed by atoms with van der Waals surface area (Å²) in [6, 6.07) is 3.14. The summed E-state index contributed by atoms with van der Waals surface area (Å²) in [6.07, 6.45) is 6.41. The number of carbonyl (C=O) groups excluding carboxylic acids is 2. The molecule has 0 saturated carbocycles. The van der Waals surface area contributed by atoms with Gasteiger partial charge in [0.2, 0.25) is 0 Å². The average Bonchev–Trinajstić information content (AvgIpc) is 2.59. The van der Waals surface area contributed by atoms with Crippen molar-refractivity contribution in [1.82, 2.24) is 9.97 Å². The van der Waals surface area contributed by atoms with Gasteiger partial charge >= 0.3 is 29.6 Å². The molecule has 0 fully saturated rings. The molecule has 0 amide bonds. The van der Waals surface area contributed by atoms with Gasteiger partial charge < -0.3 is 12.6 Å². The number of hydrogen-bond donors (Lipinski definition) is 0. The van der Waals surface area contributed by atoms with Crippen LogP contribution in [0.15, 0.2) is 29.6 Å². The van der Waals surface area contributed by atoms with E-state index in [9.17, 15) is 9.59 Å². The van der Waals surface area contributed by atoms with Crippen LogP contribution in [0.3, 0.4) is 0 Å². The second-order valence-electron chi connectivity index (χ2n) is 4.32. The molecule has 0 bridgehead atoms. The second kappa shape index (κ2) is 15.2. The van der Waals surface area contributed by atoms with Crippen LogP contribution < -0.4 is 29.6 Å². The van der Waals surface area contributed by atoms with Crippen molar-refractivity contribution in [3.05, 3.63) is 50.9 Å². The van der Waals surface area contributed by atoms with Crippen LogP contribution in [0.4, 0.5) is 0 Å². The first-order valence-electron chi connectivity index (χ1n) is 6.69. The average molecular weight is 462 g/mol. The summed E-state index contributed by atoms with van der Waals surface area (Å²) >= 11 is 22.5.